The molecule has 2 saturated heterocycles. The van der Waals surface area contributed by atoms with Gasteiger partial charge in [0.05, 0.1) is 28.5 Å². The smallest absolute Gasteiger partial charge is 0.271 e. The Bertz CT molecular complexity index is 1480. The number of nitro benzene ring substituents is 1. The van der Waals surface area contributed by atoms with Crippen molar-refractivity contribution in [2.45, 2.75) is 19.0 Å². The number of amides is 2. The molecule has 8 heteroatoms. The Kier molecular flexibility index (Phi) is 4.86. The molecule has 3 aromatic rings. The maximum atomic E-state index is 14.0. The summed E-state index contributed by atoms with van der Waals surface area (Å²) in [5.74, 6) is -2.92. The molecule has 0 aliphatic carbocycles. The van der Waals surface area contributed by atoms with Crippen LogP contribution in [0.25, 0.3) is 6.08 Å². The first-order valence-corrected chi connectivity index (χ1v) is 11.7. The minimum absolute atomic E-state index is 0.186. The van der Waals surface area contributed by atoms with Gasteiger partial charge in [-0.05, 0) is 24.1 Å². The van der Waals surface area contributed by atoms with Gasteiger partial charge in [-0.25, -0.2) is 4.90 Å². The number of hydrogen-bond acceptors (Lipinski definition) is 6. The molecule has 3 aromatic carbocycles. The monoisotopic (exact) mass is 479 g/mol. The van der Waals surface area contributed by atoms with Gasteiger partial charge in [0, 0.05) is 23.4 Å². The number of carbonyl (C=O) groups excluding carboxylic acids is 3. The molecule has 2 amide bonds. The van der Waals surface area contributed by atoms with Gasteiger partial charge in [-0.1, -0.05) is 66.7 Å². The Balaban J connectivity index is 1.50. The van der Waals surface area contributed by atoms with E-state index >= 15 is 0 Å². The van der Waals surface area contributed by atoms with Crippen molar-refractivity contribution in [3.05, 3.63) is 106 Å². The second kappa shape index (κ2) is 7.98. The third kappa shape index (κ3) is 3.04. The van der Waals surface area contributed by atoms with Crippen molar-refractivity contribution in [1.29, 1.82) is 0 Å². The largest absolute Gasteiger partial charge is 0.352 e. The lowest BCUT2D eigenvalue weighted by molar-refractivity contribution is -0.384. The Morgan fingerprint density at radius 3 is 2.33 bits per heavy atom. The van der Waals surface area contributed by atoms with Crippen LogP contribution in [-0.2, 0) is 9.59 Å². The first-order chi connectivity index (χ1) is 17.4. The van der Waals surface area contributed by atoms with E-state index in [1.54, 1.807) is 31.2 Å². The average molecular weight is 479 g/mol. The molecule has 0 unspecified atom stereocenters. The molecule has 0 spiro atoms. The predicted octanol–water partition coefficient (Wildman–Crippen LogP) is 4.18. The molecule has 0 bridgehead atoms. The average Bonchev–Trinajstić information content (AvgIpc) is 3.37. The normalized spacial score (nSPS) is 23.9. The van der Waals surface area contributed by atoms with Gasteiger partial charge in [-0.3, -0.25) is 24.5 Å². The molecule has 0 N–H and O–H groups in total. The van der Waals surface area contributed by atoms with Gasteiger partial charge >= 0.3 is 0 Å². The molecule has 3 aliphatic rings. The Morgan fingerprint density at radius 1 is 0.889 bits per heavy atom. The van der Waals surface area contributed by atoms with Crippen molar-refractivity contribution in [2.24, 2.45) is 11.8 Å². The van der Waals surface area contributed by atoms with Crippen molar-refractivity contribution in [3.63, 3.8) is 0 Å². The van der Waals surface area contributed by atoms with Gasteiger partial charge in [-0.15, -0.1) is 0 Å². The number of aryl methyl sites for hydroxylation is 1. The van der Waals surface area contributed by atoms with Crippen LogP contribution in [0, 0.1) is 28.9 Å². The number of benzene rings is 3. The number of imide groups is 1. The summed E-state index contributed by atoms with van der Waals surface area (Å²) >= 11 is 0. The second-order valence-electron chi connectivity index (χ2n) is 9.28. The summed E-state index contributed by atoms with van der Waals surface area (Å²) in [6.07, 6.45) is 3.80. The number of ketones is 1. The molecule has 0 saturated carbocycles. The van der Waals surface area contributed by atoms with Gasteiger partial charge in [0.15, 0.2) is 5.78 Å². The van der Waals surface area contributed by atoms with Crippen molar-refractivity contribution in [2.75, 3.05) is 9.80 Å². The van der Waals surface area contributed by atoms with E-state index < -0.39 is 40.7 Å². The summed E-state index contributed by atoms with van der Waals surface area (Å²) in [4.78, 5) is 55.6. The molecule has 8 nitrogen and oxygen atoms in total. The van der Waals surface area contributed by atoms with Crippen molar-refractivity contribution in [1.82, 2.24) is 0 Å². The predicted molar refractivity (Wildman–Crippen MR) is 134 cm³/mol. The van der Waals surface area contributed by atoms with Gasteiger partial charge in [-0.2, -0.15) is 0 Å². The van der Waals surface area contributed by atoms with E-state index in [-0.39, 0.29) is 17.2 Å². The second-order valence-corrected chi connectivity index (χ2v) is 9.28. The lowest BCUT2D eigenvalue weighted by Crippen LogP contribution is -2.49. The molecule has 178 valence electrons. The Hall–Kier alpha value is -4.59. The van der Waals surface area contributed by atoms with E-state index in [2.05, 4.69) is 0 Å². The van der Waals surface area contributed by atoms with E-state index in [9.17, 15) is 24.5 Å². The molecule has 6 rings (SSSR count). The van der Waals surface area contributed by atoms with Gasteiger partial charge in [0.2, 0.25) is 11.8 Å². The van der Waals surface area contributed by atoms with Crippen LogP contribution in [0.3, 0.4) is 0 Å². The van der Waals surface area contributed by atoms with Crippen LogP contribution in [-0.4, -0.2) is 34.6 Å². The topological polar surface area (TPSA) is 101 Å². The number of carbonyl (C=O) groups is 3. The maximum Gasteiger partial charge on any atom is 0.271 e. The number of para-hydroxylation sites is 1. The van der Waals surface area contributed by atoms with Crippen LogP contribution >= 0.6 is 0 Å². The fourth-order valence-corrected chi connectivity index (χ4v) is 5.78. The summed E-state index contributed by atoms with van der Waals surface area (Å²) in [5, 5.41) is 11.4. The van der Waals surface area contributed by atoms with E-state index in [1.165, 1.54) is 18.2 Å². The lowest BCUT2D eigenvalue weighted by atomic mass is 9.86. The SMILES string of the molecule is Cc1ccc([N+](=O)[O-])cc1N1C(=O)[C@@H]2[C@H](C1=O)[C@H](C(=O)c1ccccc1)N1c3ccccc3C=C[C@@H]21. The molecular weight excluding hydrogens is 458 g/mol. The van der Waals surface area contributed by atoms with Crippen LogP contribution < -0.4 is 9.80 Å². The summed E-state index contributed by atoms with van der Waals surface area (Å²) in [6.45, 7) is 1.70. The molecule has 2 fully saturated rings. The van der Waals surface area contributed by atoms with E-state index in [4.69, 9.17) is 0 Å². The zero-order chi connectivity index (χ0) is 25.1. The highest BCUT2D eigenvalue weighted by Gasteiger charge is 2.64. The quantitative estimate of drug-likeness (QED) is 0.241. The van der Waals surface area contributed by atoms with E-state index in [0.29, 0.717) is 11.1 Å². The molecule has 4 atom stereocenters. The molecule has 36 heavy (non-hydrogen) atoms. The van der Waals surface area contributed by atoms with Crippen LogP contribution in [0.2, 0.25) is 0 Å². The minimum Gasteiger partial charge on any atom is -0.352 e. The molecule has 0 aromatic heterocycles. The number of rotatable bonds is 4. The third-order valence-electron chi connectivity index (χ3n) is 7.39. The fourth-order valence-electron chi connectivity index (χ4n) is 5.78. The van der Waals surface area contributed by atoms with E-state index in [0.717, 1.165) is 16.2 Å². The van der Waals surface area contributed by atoms with Crippen LogP contribution in [0.5, 0.6) is 0 Å². The molecule has 0 radical (unpaired) electrons. The summed E-state index contributed by atoms with van der Waals surface area (Å²) in [5.41, 5.74) is 2.71. The number of nitrogens with zero attached hydrogens (tertiary/aromatic N) is 3. The number of non-ortho nitro benzene ring substituents is 1. The highest BCUT2D eigenvalue weighted by atomic mass is 16.6. The summed E-state index contributed by atoms with van der Waals surface area (Å²) < 4.78 is 0. The maximum absolute atomic E-state index is 14.0. The summed E-state index contributed by atoms with van der Waals surface area (Å²) in [7, 11) is 0. The highest BCUT2D eigenvalue weighted by Crippen LogP contribution is 2.50. The van der Waals surface area contributed by atoms with Crippen molar-refractivity contribution < 1.29 is 19.3 Å². The first kappa shape index (κ1) is 21.9. The molecule has 3 heterocycles. The highest BCUT2D eigenvalue weighted by molar-refractivity contribution is 6.26. The minimum atomic E-state index is -0.926. The van der Waals surface area contributed by atoms with E-state index in [1.807, 2.05) is 47.4 Å². The summed E-state index contributed by atoms with van der Waals surface area (Å²) in [6, 6.07) is 19.1. The van der Waals surface area contributed by atoms with Gasteiger partial charge in [0.1, 0.15) is 6.04 Å². The van der Waals surface area contributed by atoms with Gasteiger partial charge < -0.3 is 4.90 Å². The third-order valence-corrected chi connectivity index (χ3v) is 7.39. The zero-order valence-electron chi connectivity index (χ0n) is 19.3. The Labute approximate surface area is 206 Å². The van der Waals surface area contributed by atoms with Crippen LogP contribution in [0.15, 0.2) is 78.9 Å². The number of fused-ring (bicyclic) bond motifs is 5. The van der Waals surface area contributed by atoms with Crippen LogP contribution in [0.1, 0.15) is 21.5 Å². The van der Waals surface area contributed by atoms with Crippen LogP contribution in [0.4, 0.5) is 17.1 Å². The zero-order valence-corrected chi connectivity index (χ0v) is 19.3. The standard InChI is InChI=1S/C28H21N3O5/c1-16-11-13-19(31(35)36)15-22(16)30-27(33)23-21-14-12-17-7-5-6-10-20(17)29(21)25(24(23)28(30)34)26(32)18-8-3-2-4-9-18/h2-15,21,23-25H,1H3/t21-,23-,24-,25+/m0/s1. The van der Waals surface area contributed by atoms with Crippen molar-refractivity contribution >= 4 is 40.7 Å². The Morgan fingerprint density at radius 2 is 1.58 bits per heavy atom. The van der Waals surface area contributed by atoms with Gasteiger partial charge in [0.25, 0.3) is 5.69 Å². The molecule has 3 aliphatic heterocycles. The number of anilines is 2. The fraction of sp³-hybridized carbons (Fsp3) is 0.179. The van der Waals surface area contributed by atoms with Crippen molar-refractivity contribution in [3.8, 4) is 0 Å². The number of Topliss-reactive ketones (excluding diaryl/α,β-unsaturated/α-hetero) is 1. The lowest BCUT2D eigenvalue weighted by Gasteiger charge is -2.36. The number of nitro groups is 1. The molecular formula is C28H21N3O5. The first-order valence-electron chi connectivity index (χ1n) is 11.7. The number of hydrogen-bond donors (Lipinski definition) is 0.